The lowest BCUT2D eigenvalue weighted by molar-refractivity contribution is -0.143. The number of likely N-dealkylation sites (N-methyl/N-ethyl adjacent to an activating group) is 1. The summed E-state index contributed by atoms with van der Waals surface area (Å²) in [4.78, 5) is 0. The minimum Gasteiger partial charge on any atom is -0.362 e. The van der Waals surface area contributed by atoms with E-state index in [-0.39, 0.29) is 12.4 Å². The predicted molar refractivity (Wildman–Crippen MR) is 55.0 cm³/mol. The van der Waals surface area contributed by atoms with Crippen molar-refractivity contribution in [3.05, 3.63) is 23.8 Å². The Morgan fingerprint density at radius 2 is 2.38 bits per heavy atom. The fourth-order valence-electron chi connectivity index (χ4n) is 1.14. The van der Waals surface area contributed by atoms with E-state index < -0.39 is 5.79 Å². The van der Waals surface area contributed by atoms with E-state index in [0.29, 0.717) is 6.42 Å². The number of nitrogens with one attached hydrogen (secondary N) is 1. The Bertz CT molecular complexity index is 216. The van der Waals surface area contributed by atoms with Gasteiger partial charge >= 0.3 is 0 Å². The fourth-order valence-corrected chi connectivity index (χ4v) is 1.14. The molecule has 1 aliphatic rings. The molecular weight excluding hydrogens is 190 g/mol. The van der Waals surface area contributed by atoms with Crippen LogP contribution in [0.15, 0.2) is 23.8 Å². The second-order valence-corrected chi connectivity index (χ2v) is 2.90. The van der Waals surface area contributed by atoms with Gasteiger partial charge in [0.15, 0.2) is 5.79 Å². The van der Waals surface area contributed by atoms with Crippen molar-refractivity contribution in [3.8, 4) is 0 Å². The molecule has 0 radical (unpaired) electrons. The molecule has 0 aromatic heterocycles. The molecule has 0 saturated carbocycles. The Morgan fingerprint density at radius 3 is 2.77 bits per heavy atom. The monoisotopic (exact) mass is 205 g/mol. The van der Waals surface area contributed by atoms with Crippen LogP contribution < -0.4 is 5.32 Å². The van der Waals surface area contributed by atoms with Crippen molar-refractivity contribution in [2.24, 2.45) is 0 Å². The van der Waals surface area contributed by atoms with Crippen molar-refractivity contribution >= 4 is 12.4 Å². The SMILES string of the molecule is CNCC1=CCC(O)(OC)C=C1.Cl. The molecule has 3 nitrogen and oxygen atoms in total. The first-order valence-electron chi connectivity index (χ1n) is 4.00. The highest BCUT2D eigenvalue weighted by Gasteiger charge is 2.23. The van der Waals surface area contributed by atoms with E-state index in [9.17, 15) is 5.11 Å². The molecule has 0 saturated heterocycles. The van der Waals surface area contributed by atoms with Gasteiger partial charge in [-0.3, -0.25) is 0 Å². The summed E-state index contributed by atoms with van der Waals surface area (Å²) in [6.07, 6.45) is 6.06. The molecule has 0 heterocycles. The lowest BCUT2D eigenvalue weighted by Crippen LogP contribution is -2.29. The van der Waals surface area contributed by atoms with E-state index in [2.05, 4.69) is 5.32 Å². The first kappa shape index (κ1) is 12.7. The second-order valence-electron chi connectivity index (χ2n) is 2.90. The van der Waals surface area contributed by atoms with E-state index in [0.717, 1.165) is 6.54 Å². The zero-order valence-electron chi connectivity index (χ0n) is 7.91. The van der Waals surface area contributed by atoms with Gasteiger partial charge in [-0.05, 0) is 18.7 Å². The fraction of sp³-hybridized carbons (Fsp3) is 0.556. The molecule has 1 unspecified atom stereocenters. The van der Waals surface area contributed by atoms with Crippen molar-refractivity contribution < 1.29 is 9.84 Å². The summed E-state index contributed by atoms with van der Waals surface area (Å²) in [6, 6.07) is 0. The van der Waals surface area contributed by atoms with Crippen molar-refractivity contribution in [3.63, 3.8) is 0 Å². The Labute approximate surface area is 84.9 Å². The molecule has 1 aliphatic carbocycles. The minimum absolute atomic E-state index is 0. The molecule has 0 aliphatic heterocycles. The van der Waals surface area contributed by atoms with Crippen molar-refractivity contribution in [2.45, 2.75) is 12.2 Å². The summed E-state index contributed by atoms with van der Waals surface area (Å²) < 4.78 is 4.91. The van der Waals surface area contributed by atoms with E-state index in [1.54, 1.807) is 6.08 Å². The normalized spacial score (nSPS) is 26.5. The van der Waals surface area contributed by atoms with Crippen LogP contribution in [-0.2, 0) is 4.74 Å². The number of methoxy groups -OCH3 is 1. The smallest absolute Gasteiger partial charge is 0.188 e. The summed E-state index contributed by atoms with van der Waals surface area (Å²) >= 11 is 0. The van der Waals surface area contributed by atoms with Crippen LogP contribution in [0.5, 0.6) is 0 Å². The van der Waals surface area contributed by atoms with Crippen LogP contribution in [0.1, 0.15) is 6.42 Å². The average molecular weight is 206 g/mol. The molecule has 0 aromatic carbocycles. The van der Waals surface area contributed by atoms with E-state index in [1.165, 1.54) is 12.7 Å². The zero-order valence-corrected chi connectivity index (χ0v) is 8.73. The topological polar surface area (TPSA) is 41.5 Å². The molecule has 0 fully saturated rings. The van der Waals surface area contributed by atoms with Gasteiger partial charge in [-0.1, -0.05) is 12.2 Å². The van der Waals surface area contributed by atoms with Crippen molar-refractivity contribution in [1.82, 2.24) is 5.32 Å². The zero-order chi connectivity index (χ0) is 9.03. The molecule has 76 valence electrons. The molecule has 1 atom stereocenters. The highest BCUT2D eigenvalue weighted by atomic mass is 35.5. The summed E-state index contributed by atoms with van der Waals surface area (Å²) in [5, 5.41) is 12.6. The van der Waals surface area contributed by atoms with Gasteiger partial charge in [-0.15, -0.1) is 12.4 Å². The molecule has 0 amide bonds. The molecule has 13 heavy (non-hydrogen) atoms. The summed E-state index contributed by atoms with van der Waals surface area (Å²) in [5.74, 6) is -1.09. The number of hydrogen-bond acceptors (Lipinski definition) is 3. The van der Waals surface area contributed by atoms with E-state index in [1.807, 2.05) is 19.2 Å². The van der Waals surface area contributed by atoms with Gasteiger partial charge in [0.05, 0.1) is 0 Å². The third-order valence-corrected chi connectivity index (χ3v) is 1.95. The van der Waals surface area contributed by atoms with Gasteiger partial charge in [0.2, 0.25) is 0 Å². The maximum absolute atomic E-state index is 9.59. The van der Waals surface area contributed by atoms with Crippen LogP contribution in [0.3, 0.4) is 0 Å². The second kappa shape index (κ2) is 5.40. The lowest BCUT2D eigenvalue weighted by Gasteiger charge is -2.24. The van der Waals surface area contributed by atoms with Gasteiger partial charge in [-0.2, -0.15) is 0 Å². The summed E-state index contributed by atoms with van der Waals surface area (Å²) in [7, 11) is 3.40. The molecule has 2 N–H and O–H groups in total. The van der Waals surface area contributed by atoms with E-state index in [4.69, 9.17) is 4.74 Å². The largest absolute Gasteiger partial charge is 0.362 e. The first-order chi connectivity index (χ1) is 5.70. The highest BCUT2D eigenvalue weighted by molar-refractivity contribution is 5.85. The maximum atomic E-state index is 9.59. The number of aliphatic hydroxyl groups is 1. The van der Waals surface area contributed by atoms with E-state index >= 15 is 0 Å². The number of rotatable bonds is 3. The highest BCUT2D eigenvalue weighted by Crippen LogP contribution is 2.20. The summed E-state index contributed by atoms with van der Waals surface area (Å²) in [6.45, 7) is 0.830. The molecule has 0 aromatic rings. The predicted octanol–water partition coefficient (Wildman–Crippen LogP) is 0.849. The quantitative estimate of drug-likeness (QED) is 0.672. The van der Waals surface area contributed by atoms with Gasteiger partial charge in [0.25, 0.3) is 0 Å². The third kappa shape index (κ3) is 3.48. The average Bonchev–Trinajstić information content (AvgIpc) is 2.10. The Hall–Kier alpha value is -0.350. The maximum Gasteiger partial charge on any atom is 0.188 e. The van der Waals surface area contributed by atoms with Crippen molar-refractivity contribution in [1.29, 1.82) is 0 Å². The van der Waals surface area contributed by atoms with Crippen LogP contribution in [0.25, 0.3) is 0 Å². The molecule has 0 bridgehead atoms. The molecular formula is C9H16ClNO2. The van der Waals surface area contributed by atoms with Crippen LogP contribution in [0.4, 0.5) is 0 Å². The summed E-state index contributed by atoms with van der Waals surface area (Å²) in [5.41, 5.74) is 1.18. The standard InChI is InChI=1S/C9H15NO2.ClH/c1-10-7-8-3-5-9(11,12-2)6-4-8;/h3-5,10-11H,6-7H2,1-2H3;1H. The van der Waals surface area contributed by atoms with Gasteiger partial charge < -0.3 is 15.2 Å². The first-order valence-corrected chi connectivity index (χ1v) is 4.00. The molecule has 4 heteroatoms. The van der Waals surface area contributed by atoms with Gasteiger partial charge in [0.1, 0.15) is 0 Å². The van der Waals surface area contributed by atoms with Crippen LogP contribution >= 0.6 is 12.4 Å². The lowest BCUT2D eigenvalue weighted by atomic mass is 10.0. The van der Waals surface area contributed by atoms with Crippen LogP contribution in [0.2, 0.25) is 0 Å². The van der Waals surface area contributed by atoms with Gasteiger partial charge in [-0.25, -0.2) is 0 Å². The Morgan fingerprint density at radius 1 is 1.69 bits per heavy atom. The minimum atomic E-state index is -1.09. The molecule has 0 spiro atoms. The Balaban J connectivity index is 0.00000144. The third-order valence-electron chi connectivity index (χ3n) is 1.95. The van der Waals surface area contributed by atoms with Crippen molar-refractivity contribution in [2.75, 3.05) is 20.7 Å². The number of halogens is 1. The molecule has 1 rings (SSSR count). The van der Waals surface area contributed by atoms with Gasteiger partial charge in [0, 0.05) is 20.1 Å². The number of ether oxygens (including phenoxy) is 1. The van der Waals surface area contributed by atoms with Crippen LogP contribution in [0, 0.1) is 0 Å². The van der Waals surface area contributed by atoms with Crippen LogP contribution in [-0.4, -0.2) is 31.6 Å². The number of hydrogen-bond donors (Lipinski definition) is 2. The Kier molecular flexibility index (Phi) is 5.25.